The molecule has 1 amide bonds. The first-order valence-corrected chi connectivity index (χ1v) is 10.0. The summed E-state index contributed by atoms with van der Waals surface area (Å²) < 4.78 is 15.3. The van der Waals surface area contributed by atoms with Gasteiger partial charge < -0.3 is 14.2 Å². The summed E-state index contributed by atoms with van der Waals surface area (Å²) in [6.07, 6.45) is 2.71. The molecule has 0 bridgehead atoms. The van der Waals surface area contributed by atoms with E-state index in [1.807, 2.05) is 54.6 Å². The van der Waals surface area contributed by atoms with Crippen molar-refractivity contribution in [3.63, 3.8) is 0 Å². The molecule has 3 rings (SSSR count). The molecule has 7 heteroatoms. The minimum atomic E-state index is -0.611. The molecule has 1 atom stereocenters. The average Bonchev–Trinajstić information content (AvgIpc) is 2.78. The Kier molecular flexibility index (Phi) is 7.95. The van der Waals surface area contributed by atoms with E-state index in [4.69, 9.17) is 14.2 Å². The first-order chi connectivity index (χ1) is 15.1. The SMILES string of the molecule is COCCOC(=O)CC(=O)CC1C=Cc2ccccc2N1C(=O)OCc1ccccc1. The van der Waals surface area contributed by atoms with Gasteiger partial charge in [0.1, 0.15) is 25.4 Å². The fourth-order valence-corrected chi connectivity index (χ4v) is 3.27. The predicted octanol–water partition coefficient (Wildman–Crippen LogP) is 3.76. The van der Waals surface area contributed by atoms with Crippen molar-refractivity contribution in [3.8, 4) is 0 Å². The molecule has 2 aromatic carbocycles. The van der Waals surface area contributed by atoms with Crippen LogP contribution >= 0.6 is 0 Å². The van der Waals surface area contributed by atoms with Crippen LogP contribution in [0, 0.1) is 0 Å². The first-order valence-electron chi connectivity index (χ1n) is 10.0. The Bertz CT molecular complexity index is 940. The lowest BCUT2D eigenvalue weighted by atomic mass is 9.99. The van der Waals surface area contributed by atoms with Crippen LogP contribution in [0.25, 0.3) is 6.08 Å². The molecule has 1 aliphatic rings. The second-order valence-electron chi connectivity index (χ2n) is 7.03. The van der Waals surface area contributed by atoms with Gasteiger partial charge in [-0.15, -0.1) is 0 Å². The van der Waals surface area contributed by atoms with Crippen LogP contribution in [0.1, 0.15) is 24.0 Å². The third kappa shape index (κ3) is 6.26. The second-order valence-corrected chi connectivity index (χ2v) is 7.03. The largest absolute Gasteiger partial charge is 0.463 e. The molecule has 0 spiro atoms. The number of esters is 1. The van der Waals surface area contributed by atoms with E-state index >= 15 is 0 Å². The number of Topliss-reactive ketones (excluding diaryl/α,β-unsaturated/α-hetero) is 1. The van der Waals surface area contributed by atoms with Crippen molar-refractivity contribution in [2.45, 2.75) is 25.5 Å². The van der Waals surface area contributed by atoms with Crippen LogP contribution < -0.4 is 4.90 Å². The normalized spacial score (nSPS) is 14.6. The zero-order chi connectivity index (χ0) is 22.1. The Morgan fingerprint density at radius 1 is 0.935 bits per heavy atom. The van der Waals surface area contributed by atoms with E-state index in [0.717, 1.165) is 11.1 Å². The third-order valence-corrected chi connectivity index (χ3v) is 4.76. The fourth-order valence-electron chi connectivity index (χ4n) is 3.27. The summed E-state index contributed by atoms with van der Waals surface area (Å²) in [4.78, 5) is 38.7. The summed E-state index contributed by atoms with van der Waals surface area (Å²) in [5, 5.41) is 0. The van der Waals surface area contributed by atoms with E-state index in [2.05, 4.69) is 0 Å². The van der Waals surface area contributed by atoms with E-state index < -0.39 is 18.1 Å². The molecule has 31 heavy (non-hydrogen) atoms. The lowest BCUT2D eigenvalue weighted by Gasteiger charge is -2.32. The third-order valence-electron chi connectivity index (χ3n) is 4.76. The molecule has 2 aromatic rings. The predicted molar refractivity (Wildman–Crippen MR) is 115 cm³/mol. The van der Waals surface area contributed by atoms with Crippen molar-refractivity contribution in [3.05, 3.63) is 71.8 Å². The molecule has 0 radical (unpaired) electrons. The van der Waals surface area contributed by atoms with Gasteiger partial charge in [-0.25, -0.2) is 4.79 Å². The number of anilines is 1. The number of methoxy groups -OCH3 is 1. The van der Waals surface area contributed by atoms with Gasteiger partial charge in [-0.05, 0) is 17.2 Å². The van der Waals surface area contributed by atoms with Crippen LogP contribution in [0.3, 0.4) is 0 Å². The number of ketones is 1. The Hall–Kier alpha value is -3.45. The van der Waals surface area contributed by atoms with Crippen molar-refractivity contribution in [2.24, 2.45) is 0 Å². The monoisotopic (exact) mass is 423 g/mol. The highest BCUT2D eigenvalue weighted by molar-refractivity contribution is 5.99. The molecule has 162 valence electrons. The van der Waals surface area contributed by atoms with Gasteiger partial charge in [-0.2, -0.15) is 0 Å². The number of fused-ring (bicyclic) bond motifs is 1. The van der Waals surface area contributed by atoms with E-state index in [9.17, 15) is 14.4 Å². The van der Waals surface area contributed by atoms with E-state index in [1.54, 1.807) is 12.1 Å². The average molecular weight is 423 g/mol. The number of nitrogens with zero attached hydrogens (tertiary/aromatic N) is 1. The zero-order valence-corrected chi connectivity index (χ0v) is 17.4. The number of para-hydroxylation sites is 1. The maximum atomic E-state index is 13.0. The number of hydrogen-bond donors (Lipinski definition) is 0. The number of hydrogen-bond acceptors (Lipinski definition) is 6. The van der Waals surface area contributed by atoms with Crippen molar-refractivity contribution in [1.82, 2.24) is 0 Å². The van der Waals surface area contributed by atoms with Crippen molar-refractivity contribution >= 4 is 29.6 Å². The van der Waals surface area contributed by atoms with E-state index in [0.29, 0.717) is 5.69 Å². The maximum absolute atomic E-state index is 13.0. The summed E-state index contributed by atoms with van der Waals surface area (Å²) >= 11 is 0. The van der Waals surface area contributed by atoms with Crippen LogP contribution in [0.15, 0.2) is 60.7 Å². The number of amides is 1. The number of benzene rings is 2. The van der Waals surface area contributed by atoms with Crippen LogP contribution in [-0.2, 0) is 30.4 Å². The van der Waals surface area contributed by atoms with E-state index in [-0.39, 0.29) is 38.4 Å². The summed E-state index contributed by atoms with van der Waals surface area (Å²) in [6.45, 7) is 0.481. The van der Waals surface area contributed by atoms with Gasteiger partial charge in [0.05, 0.1) is 18.3 Å². The van der Waals surface area contributed by atoms with Crippen LogP contribution in [-0.4, -0.2) is 44.2 Å². The fraction of sp³-hybridized carbons (Fsp3) is 0.292. The molecule has 1 unspecified atom stereocenters. The molecule has 0 aliphatic carbocycles. The number of carbonyl (C=O) groups is 3. The molecule has 0 fully saturated rings. The molecule has 1 heterocycles. The van der Waals surface area contributed by atoms with Crippen LogP contribution in [0.2, 0.25) is 0 Å². The Morgan fingerprint density at radius 2 is 1.68 bits per heavy atom. The zero-order valence-electron chi connectivity index (χ0n) is 17.4. The first kappa shape index (κ1) is 22.2. The number of rotatable bonds is 9. The minimum absolute atomic E-state index is 0.0232. The van der Waals surface area contributed by atoms with Gasteiger partial charge in [0.15, 0.2) is 0 Å². The summed E-state index contributed by atoms with van der Waals surface area (Å²) in [5.74, 6) is -0.933. The summed E-state index contributed by atoms with van der Waals surface area (Å²) in [7, 11) is 1.50. The van der Waals surface area contributed by atoms with Gasteiger partial charge in [-0.1, -0.05) is 60.7 Å². The lowest BCUT2D eigenvalue weighted by Crippen LogP contribution is -2.43. The Labute approximate surface area is 181 Å². The molecule has 0 N–H and O–H groups in total. The summed E-state index contributed by atoms with van der Waals surface area (Å²) in [5.41, 5.74) is 2.37. The van der Waals surface area contributed by atoms with Gasteiger partial charge >= 0.3 is 12.1 Å². The van der Waals surface area contributed by atoms with Crippen LogP contribution in [0.5, 0.6) is 0 Å². The number of carbonyl (C=O) groups excluding carboxylic acids is 3. The minimum Gasteiger partial charge on any atom is -0.463 e. The standard InChI is InChI=1S/C24H25NO6/c1-29-13-14-30-23(27)16-21(26)15-20-12-11-19-9-5-6-10-22(19)25(20)24(28)31-17-18-7-3-2-4-8-18/h2-12,20H,13-17H2,1H3. The lowest BCUT2D eigenvalue weighted by molar-refractivity contribution is -0.147. The van der Waals surface area contributed by atoms with Crippen molar-refractivity contribution < 1.29 is 28.6 Å². The van der Waals surface area contributed by atoms with Crippen LogP contribution in [0.4, 0.5) is 10.5 Å². The smallest absolute Gasteiger partial charge is 0.415 e. The second kappa shape index (κ2) is 11.1. The highest BCUT2D eigenvalue weighted by Gasteiger charge is 2.31. The van der Waals surface area contributed by atoms with Gasteiger partial charge in [0, 0.05) is 13.5 Å². The molecule has 7 nitrogen and oxygen atoms in total. The molecule has 1 aliphatic heterocycles. The van der Waals surface area contributed by atoms with E-state index in [1.165, 1.54) is 12.0 Å². The molecule has 0 saturated heterocycles. The van der Waals surface area contributed by atoms with Crippen molar-refractivity contribution in [2.75, 3.05) is 25.2 Å². The molecular formula is C24H25NO6. The van der Waals surface area contributed by atoms with Gasteiger partial charge in [0.2, 0.25) is 0 Å². The van der Waals surface area contributed by atoms with Crippen molar-refractivity contribution in [1.29, 1.82) is 0 Å². The highest BCUT2D eigenvalue weighted by Crippen LogP contribution is 2.31. The Balaban J connectivity index is 1.68. The topological polar surface area (TPSA) is 82.1 Å². The molecule has 0 saturated carbocycles. The Morgan fingerprint density at radius 3 is 2.45 bits per heavy atom. The quantitative estimate of drug-likeness (QED) is 0.347. The number of ether oxygens (including phenoxy) is 3. The molecular weight excluding hydrogens is 398 g/mol. The molecule has 0 aromatic heterocycles. The summed E-state index contributed by atoms with van der Waals surface area (Å²) in [6, 6.07) is 16.2. The van der Waals surface area contributed by atoms with Gasteiger partial charge in [0.25, 0.3) is 0 Å². The maximum Gasteiger partial charge on any atom is 0.415 e. The van der Waals surface area contributed by atoms with Gasteiger partial charge in [-0.3, -0.25) is 14.5 Å². The highest BCUT2D eigenvalue weighted by atomic mass is 16.6.